The van der Waals surface area contributed by atoms with Crippen LogP contribution in [0.1, 0.15) is 0 Å². The fourth-order valence-electron chi connectivity index (χ4n) is 2.26. The maximum absolute atomic E-state index is 12.1. The first kappa shape index (κ1) is 11.3. The third-order valence-electron chi connectivity index (χ3n) is 3.22. The van der Waals surface area contributed by atoms with Gasteiger partial charge in [-0.1, -0.05) is 30.3 Å². The zero-order valence-corrected chi connectivity index (χ0v) is 11.2. The first-order valence-electron chi connectivity index (χ1n) is 6.14. The number of pyridine rings is 1. The number of benzene rings is 1. The third kappa shape index (κ3) is 1.64. The van der Waals surface area contributed by atoms with Gasteiger partial charge in [-0.3, -0.25) is 9.20 Å². The molecule has 4 aromatic rings. The molecule has 1 aromatic carbocycles. The largest absolute Gasteiger partial charge is 0.283 e. The number of thiazole rings is 1. The van der Waals surface area contributed by atoms with Gasteiger partial charge in [0.25, 0.3) is 5.56 Å². The van der Waals surface area contributed by atoms with Crippen LogP contribution in [0.25, 0.3) is 27.1 Å². The Bertz CT molecular complexity index is 973. The van der Waals surface area contributed by atoms with Crippen LogP contribution in [0.3, 0.4) is 0 Å². The first-order valence-corrected chi connectivity index (χ1v) is 7.02. The highest BCUT2D eigenvalue weighted by molar-refractivity contribution is 7.15. The molecule has 0 N–H and O–H groups in total. The van der Waals surface area contributed by atoms with E-state index in [4.69, 9.17) is 0 Å². The fraction of sp³-hybridized carbons (Fsp3) is 0. The average molecular weight is 279 g/mol. The van der Waals surface area contributed by atoms with E-state index < -0.39 is 0 Å². The van der Waals surface area contributed by atoms with Gasteiger partial charge in [0.15, 0.2) is 10.6 Å². The average Bonchev–Trinajstić information content (AvgIpc) is 2.96. The van der Waals surface area contributed by atoms with Gasteiger partial charge in [-0.15, -0.1) is 11.3 Å². The molecule has 0 bridgehead atoms. The number of rotatable bonds is 1. The molecule has 0 spiro atoms. The van der Waals surface area contributed by atoms with Gasteiger partial charge < -0.3 is 0 Å². The van der Waals surface area contributed by atoms with Crippen molar-refractivity contribution in [3.8, 4) is 11.1 Å². The molecule has 4 rings (SSSR count). The standard InChI is InChI=1S/C15H9N3OS/c19-14-12-8-11(10-4-2-1-3-5-10)9-16-13(12)18-6-7-20-15(18)17-14/h1-9H. The van der Waals surface area contributed by atoms with Crippen LogP contribution in [-0.2, 0) is 0 Å². The zero-order valence-electron chi connectivity index (χ0n) is 10.4. The number of hydrogen-bond acceptors (Lipinski definition) is 4. The van der Waals surface area contributed by atoms with Gasteiger partial charge in [-0.05, 0) is 11.6 Å². The lowest BCUT2D eigenvalue weighted by Crippen LogP contribution is -2.09. The molecule has 5 heteroatoms. The molecular formula is C15H9N3OS. The van der Waals surface area contributed by atoms with Crippen LogP contribution >= 0.6 is 11.3 Å². The van der Waals surface area contributed by atoms with Crippen molar-refractivity contribution in [3.63, 3.8) is 0 Å². The van der Waals surface area contributed by atoms with Gasteiger partial charge >= 0.3 is 0 Å². The lowest BCUT2D eigenvalue weighted by atomic mass is 10.1. The van der Waals surface area contributed by atoms with Crippen molar-refractivity contribution in [2.75, 3.05) is 0 Å². The highest BCUT2D eigenvalue weighted by Crippen LogP contribution is 2.21. The monoisotopic (exact) mass is 279 g/mol. The third-order valence-corrected chi connectivity index (χ3v) is 3.98. The zero-order chi connectivity index (χ0) is 13.5. The Morgan fingerprint density at radius 3 is 2.80 bits per heavy atom. The second kappa shape index (κ2) is 4.25. The molecule has 0 aliphatic rings. The molecule has 0 saturated heterocycles. The molecule has 20 heavy (non-hydrogen) atoms. The lowest BCUT2D eigenvalue weighted by molar-refractivity contribution is 1.13. The van der Waals surface area contributed by atoms with Crippen molar-refractivity contribution in [1.82, 2.24) is 14.4 Å². The van der Waals surface area contributed by atoms with Crippen LogP contribution in [0.4, 0.5) is 0 Å². The Kier molecular flexibility index (Phi) is 2.40. The lowest BCUT2D eigenvalue weighted by Gasteiger charge is -2.04. The van der Waals surface area contributed by atoms with Crippen LogP contribution in [0.15, 0.2) is 59.0 Å². The van der Waals surface area contributed by atoms with Gasteiger partial charge in [0.1, 0.15) is 0 Å². The summed E-state index contributed by atoms with van der Waals surface area (Å²) in [7, 11) is 0. The quantitative estimate of drug-likeness (QED) is 0.538. The summed E-state index contributed by atoms with van der Waals surface area (Å²) in [5, 5.41) is 2.44. The minimum atomic E-state index is -0.229. The van der Waals surface area contributed by atoms with Crippen LogP contribution < -0.4 is 5.56 Å². The smallest absolute Gasteiger partial charge is 0.276 e. The summed E-state index contributed by atoms with van der Waals surface area (Å²) in [6.45, 7) is 0. The predicted molar refractivity (Wildman–Crippen MR) is 80.1 cm³/mol. The van der Waals surface area contributed by atoms with Gasteiger partial charge in [0, 0.05) is 23.3 Å². The molecule has 3 heterocycles. The topological polar surface area (TPSA) is 47.3 Å². The molecule has 3 aromatic heterocycles. The van der Waals surface area contributed by atoms with E-state index in [1.165, 1.54) is 11.3 Å². The molecule has 0 saturated carbocycles. The second-order valence-electron chi connectivity index (χ2n) is 4.43. The number of hydrogen-bond donors (Lipinski definition) is 0. The van der Waals surface area contributed by atoms with Gasteiger partial charge in [0.2, 0.25) is 0 Å². The first-order chi connectivity index (χ1) is 9.83. The molecule has 0 aliphatic carbocycles. The van der Waals surface area contributed by atoms with Crippen LogP contribution in [0, 0.1) is 0 Å². The molecule has 0 unspecified atom stereocenters. The number of aromatic nitrogens is 3. The van der Waals surface area contributed by atoms with Crippen molar-refractivity contribution in [1.29, 1.82) is 0 Å². The van der Waals surface area contributed by atoms with Crippen LogP contribution in [0.2, 0.25) is 0 Å². The molecule has 4 nitrogen and oxygen atoms in total. The molecule has 0 aliphatic heterocycles. The van der Waals surface area contributed by atoms with Crippen molar-refractivity contribution < 1.29 is 0 Å². The molecular weight excluding hydrogens is 270 g/mol. The highest BCUT2D eigenvalue weighted by atomic mass is 32.1. The predicted octanol–water partition coefficient (Wildman–Crippen LogP) is 2.97. The Labute approximate surface area is 118 Å². The van der Waals surface area contributed by atoms with E-state index in [1.807, 2.05) is 52.4 Å². The van der Waals surface area contributed by atoms with E-state index in [-0.39, 0.29) is 5.56 Å². The van der Waals surface area contributed by atoms with Crippen LogP contribution in [-0.4, -0.2) is 14.4 Å². The maximum Gasteiger partial charge on any atom is 0.283 e. The fourth-order valence-corrected chi connectivity index (χ4v) is 2.96. The second-order valence-corrected chi connectivity index (χ2v) is 5.31. The van der Waals surface area contributed by atoms with E-state index in [0.717, 1.165) is 11.1 Å². The van der Waals surface area contributed by atoms with Crippen molar-refractivity contribution >= 4 is 27.3 Å². The van der Waals surface area contributed by atoms with Gasteiger partial charge in [-0.25, -0.2) is 4.98 Å². The van der Waals surface area contributed by atoms with E-state index in [1.54, 1.807) is 6.20 Å². The van der Waals surface area contributed by atoms with E-state index in [2.05, 4.69) is 9.97 Å². The van der Waals surface area contributed by atoms with E-state index in [0.29, 0.717) is 16.0 Å². The number of fused-ring (bicyclic) bond motifs is 3. The summed E-state index contributed by atoms with van der Waals surface area (Å²) in [6.07, 6.45) is 3.67. The minimum Gasteiger partial charge on any atom is -0.276 e. The van der Waals surface area contributed by atoms with E-state index in [9.17, 15) is 4.79 Å². The summed E-state index contributed by atoms with van der Waals surface area (Å²) in [5.74, 6) is 0. The van der Waals surface area contributed by atoms with Gasteiger partial charge in [-0.2, -0.15) is 4.98 Å². The Hall–Kier alpha value is -2.53. The summed E-state index contributed by atoms with van der Waals surface area (Å²) < 4.78 is 1.84. The summed E-state index contributed by atoms with van der Waals surface area (Å²) in [6, 6.07) is 11.7. The molecule has 0 amide bonds. The maximum atomic E-state index is 12.1. The highest BCUT2D eigenvalue weighted by Gasteiger charge is 2.09. The Balaban J connectivity index is 2.07. The summed E-state index contributed by atoms with van der Waals surface area (Å²) >= 11 is 1.43. The van der Waals surface area contributed by atoms with Crippen molar-refractivity contribution in [3.05, 3.63) is 64.5 Å². The minimum absolute atomic E-state index is 0.229. The normalized spacial score (nSPS) is 11.2. The van der Waals surface area contributed by atoms with Gasteiger partial charge in [0.05, 0.1) is 5.39 Å². The molecule has 0 atom stereocenters. The van der Waals surface area contributed by atoms with Crippen molar-refractivity contribution in [2.24, 2.45) is 0 Å². The SMILES string of the molecule is O=c1nc2sccn2c2ncc(-c3ccccc3)cc12. The number of nitrogens with zero attached hydrogens (tertiary/aromatic N) is 3. The summed E-state index contributed by atoms with van der Waals surface area (Å²) in [4.78, 5) is 21.3. The van der Waals surface area contributed by atoms with Crippen molar-refractivity contribution in [2.45, 2.75) is 0 Å². The molecule has 96 valence electrons. The molecule has 0 radical (unpaired) electrons. The Morgan fingerprint density at radius 2 is 1.95 bits per heavy atom. The summed E-state index contributed by atoms with van der Waals surface area (Å²) in [5.41, 5.74) is 2.39. The van der Waals surface area contributed by atoms with Crippen LogP contribution in [0.5, 0.6) is 0 Å². The molecule has 0 fully saturated rings. The van der Waals surface area contributed by atoms with E-state index >= 15 is 0 Å². The Morgan fingerprint density at radius 1 is 1.10 bits per heavy atom.